The lowest BCUT2D eigenvalue weighted by atomic mass is 10.2. The number of thioether (sulfide) groups is 1. The van der Waals surface area contributed by atoms with Gasteiger partial charge in [-0.1, -0.05) is 19.1 Å². The molecule has 0 aliphatic carbocycles. The van der Waals surface area contributed by atoms with Gasteiger partial charge in [0.05, 0.1) is 16.9 Å². The van der Waals surface area contributed by atoms with E-state index < -0.39 is 4.92 Å². The lowest BCUT2D eigenvalue weighted by Crippen LogP contribution is -2.38. The molecule has 1 aromatic carbocycles. The molecule has 0 saturated carbocycles. The van der Waals surface area contributed by atoms with Gasteiger partial charge in [-0.15, -0.1) is 11.8 Å². The Morgan fingerprint density at radius 3 is 2.81 bits per heavy atom. The third-order valence-electron chi connectivity index (χ3n) is 2.85. The Balaban J connectivity index is 2.57. The van der Waals surface area contributed by atoms with Gasteiger partial charge in [0.25, 0.3) is 5.69 Å². The van der Waals surface area contributed by atoms with Crippen molar-refractivity contribution in [3.05, 3.63) is 34.4 Å². The van der Waals surface area contributed by atoms with Gasteiger partial charge in [-0.05, 0) is 25.5 Å². The van der Waals surface area contributed by atoms with Crippen molar-refractivity contribution < 1.29 is 14.5 Å². The molecule has 1 atom stereocenters. The number of benzene rings is 1. The van der Waals surface area contributed by atoms with E-state index in [9.17, 15) is 14.9 Å². The molecule has 0 heterocycles. The Bertz CT molecular complexity index is 482. The van der Waals surface area contributed by atoms with Gasteiger partial charge in [-0.25, -0.2) is 0 Å². The SMILES string of the molecule is CCCNC(CCSc1ccccc1[N+](=O)[O-])C(=O)OC. The average Bonchev–Trinajstić information content (AvgIpc) is 2.50. The first kappa shape index (κ1) is 17.5. The summed E-state index contributed by atoms with van der Waals surface area (Å²) < 4.78 is 4.76. The molecule has 21 heavy (non-hydrogen) atoms. The molecule has 0 bridgehead atoms. The van der Waals surface area contributed by atoms with E-state index in [1.807, 2.05) is 6.92 Å². The fourth-order valence-corrected chi connectivity index (χ4v) is 2.82. The van der Waals surface area contributed by atoms with E-state index in [0.29, 0.717) is 17.1 Å². The number of nitro groups is 1. The summed E-state index contributed by atoms with van der Waals surface area (Å²) in [5.41, 5.74) is 0.0960. The Kier molecular flexibility index (Phi) is 7.78. The zero-order valence-corrected chi connectivity index (χ0v) is 13.0. The zero-order valence-electron chi connectivity index (χ0n) is 12.2. The third-order valence-corrected chi connectivity index (χ3v) is 3.95. The molecule has 1 aromatic rings. The van der Waals surface area contributed by atoms with Crippen molar-refractivity contribution in [3.63, 3.8) is 0 Å². The number of methoxy groups -OCH3 is 1. The van der Waals surface area contributed by atoms with Crippen LogP contribution in [0.2, 0.25) is 0 Å². The first-order chi connectivity index (χ1) is 10.1. The van der Waals surface area contributed by atoms with Crippen molar-refractivity contribution in [2.75, 3.05) is 19.4 Å². The van der Waals surface area contributed by atoms with Crippen molar-refractivity contribution in [3.8, 4) is 0 Å². The summed E-state index contributed by atoms with van der Waals surface area (Å²) in [4.78, 5) is 22.8. The van der Waals surface area contributed by atoms with Gasteiger partial charge in [0.15, 0.2) is 0 Å². The molecule has 116 valence electrons. The van der Waals surface area contributed by atoms with E-state index in [-0.39, 0.29) is 17.7 Å². The van der Waals surface area contributed by atoms with Gasteiger partial charge < -0.3 is 10.1 Å². The van der Waals surface area contributed by atoms with Crippen molar-refractivity contribution in [2.45, 2.75) is 30.7 Å². The maximum Gasteiger partial charge on any atom is 0.322 e. The number of nitrogens with one attached hydrogen (secondary N) is 1. The van der Waals surface area contributed by atoms with E-state index >= 15 is 0 Å². The highest BCUT2D eigenvalue weighted by Gasteiger charge is 2.19. The summed E-state index contributed by atoms with van der Waals surface area (Å²) >= 11 is 1.38. The van der Waals surface area contributed by atoms with Crippen LogP contribution in [0, 0.1) is 10.1 Å². The Hall–Kier alpha value is -1.60. The van der Waals surface area contributed by atoms with Crippen LogP contribution >= 0.6 is 11.8 Å². The molecule has 0 amide bonds. The number of hydrogen-bond donors (Lipinski definition) is 1. The minimum atomic E-state index is -0.393. The fourth-order valence-electron chi connectivity index (χ4n) is 1.78. The van der Waals surface area contributed by atoms with E-state index in [0.717, 1.165) is 13.0 Å². The number of nitrogens with zero attached hydrogens (tertiary/aromatic N) is 1. The number of carbonyl (C=O) groups excluding carboxylic acids is 1. The second-order valence-electron chi connectivity index (χ2n) is 4.39. The molecule has 7 heteroatoms. The van der Waals surface area contributed by atoms with E-state index in [2.05, 4.69) is 5.32 Å². The van der Waals surface area contributed by atoms with Gasteiger partial charge in [0, 0.05) is 11.8 Å². The van der Waals surface area contributed by atoms with Crippen LogP contribution in [0.25, 0.3) is 0 Å². The van der Waals surface area contributed by atoms with Crippen molar-refractivity contribution in [1.82, 2.24) is 5.32 Å². The van der Waals surface area contributed by atoms with Crippen molar-refractivity contribution >= 4 is 23.4 Å². The van der Waals surface area contributed by atoms with Crippen LogP contribution in [0.4, 0.5) is 5.69 Å². The number of carbonyl (C=O) groups is 1. The Morgan fingerprint density at radius 2 is 2.19 bits per heavy atom. The summed E-state index contributed by atoms with van der Waals surface area (Å²) in [6.45, 7) is 2.75. The van der Waals surface area contributed by atoms with Gasteiger partial charge >= 0.3 is 5.97 Å². The maximum atomic E-state index is 11.6. The van der Waals surface area contributed by atoms with Crippen LogP contribution in [-0.4, -0.2) is 36.3 Å². The molecule has 1 unspecified atom stereocenters. The summed E-state index contributed by atoms with van der Waals surface area (Å²) in [5, 5.41) is 14.0. The van der Waals surface area contributed by atoms with E-state index in [1.54, 1.807) is 18.2 Å². The molecule has 0 radical (unpaired) electrons. The zero-order chi connectivity index (χ0) is 15.7. The summed E-state index contributed by atoms with van der Waals surface area (Å²) in [7, 11) is 1.36. The molecule has 0 aromatic heterocycles. The summed E-state index contributed by atoms with van der Waals surface area (Å²) in [5.74, 6) is 0.299. The lowest BCUT2D eigenvalue weighted by Gasteiger charge is -2.15. The molecule has 0 fully saturated rings. The molecular weight excluding hydrogens is 292 g/mol. The number of para-hydroxylation sites is 1. The van der Waals surface area contributed by atoms with Crippen molar-refractivity contribution in [2.24, 2.45) is 0 Å². The van der Waals surface area contributed by atoms with E-state index in [1.165, 1.54) is 24.9 Å². The highest BCUT2D eigenvalue weighted by atomic mass is 32.2. The second kappa shape index (κ2) is 9.36. The van der Waals surface area contributed by atoms with Gasteiger partial charge in [0.1, 0.15) is 6.04 Å². The molecular formula is C14H20N2O4S. The summed E-state index contributed by atoms with van der Waals surface area (Å²) in [6, 6.07) is 6.24. The predicted molar refractivity (Wildman–Crippen MR) is 82.5 cm³/mol. The minimum Gasteiger partial charge on any atom is -0.468 e. The van der Waals surface area contributed by atoms with Gasteiger partial charge in [0.2, 0.25) is 0 Å². The number of ether oxygens (including phenoxy) is 1. The van der Waals surface area contributed by atoms with Gasteiger partial charge in [-0.3, -0.25) is 14.9 Å². The van der Waals surface area contributed by atoms with Crippen molar-refractivity contribution in [1.29, 1.82) is 0 Å². The highest BCUT2D eigenvalue weighted by Crippen LogP contribution is 2.29. The topological polar surface area (TPSA) is 81.5 Å². The number of hydrogen-bond acceptors (Lipinski definition) is 6. The molecule has 0 spiro atoms. The second-order valence-corrected chi connectivity index (χ2v) is 5.53. The van der Waals surface area contributed by atoms with Crippen LogP contribution in [-0.2, 0) is 9.53 Å². The standard InChI is InChI=1S/C14H20N2O4S/c1-3-9-15-11(14(17)20-2)8-10-21-13-7-5-4-6-12(13)16(18)19/h4-7,11,15H,3,8-10H2,1-2H3. The van der Waals surface area contributed by atoms with Crippen LogP contribution in [0.1, 0.15) is 19.8 Å². The monoisotopic (exact) mass is 312 g/mol. The number of esters is 1. The van der Waals surface area contributed by atoms with Crippen LogP contribution < -0.4 is 5.32 Å². The van der Waals surface area contributed by atoms with Crippen LogP contribution in [0.5, 0.6) is 0 Å². The quantitative estimate of drug-likeness (QED) is 0.327. The third kappa shape index (κ3) is 5.73. The molecule has 0 saturated heterocycles. The van der Waals surface area contributed by atoms with Crippen LogP contribution in [0.3, 0.4) is 0 Å². The highest BCUT2D eigenvalue weighted by molar-refractivity contribution is 7.99. The maximum absolute atomic E-state index is 11.6. The van der Waals surface area contributed by atoms with Crippen LogP contribution in [0.15, 0.2) is 29.2 Å². The Labute approximate surface area is 128 Å². The normalized spacial score (nSPS) is 11.9. The largest absolute Gasteiger partial charge is 0.468 e. The molecule has 1 rings (SSSR count). The molecule has 0 aliphatic rings. The average molecular weight is 312 g/mol. The summed E-state index contributed by atoms with van der Waals surface area (Å²) in [6.07, 6.45) is 1.48. The fraction of sp³-hybridized carbons (Fsp3) is 0.500. The first-order valence-corrected chi connectivity index (χ1v) is 7.76. The molecule has 6 nitrogen and oxygen atoms in total. The molecule has 1 N–H and O–H groups in total. The number of nitro benzene ring substituents is 1. The van der Waals surface area contributed by atoms with E-state index in [4.69, 9.17) is 4.74 Å². The molecule has 0 aliphatic heterocycles. The smallest absolute Gasteiger partial charge is 0.322 e. The van der Waals surface area contributed by atoms with Gasteiger partial charge in [-0.2, -0.15) is 0 Å². The number of rotatable bonds is 9. The first-order valence-electron chi connectivity index (χ1n) is 6.77. The predicted octanol–water partition coefficient (Wildman–Crippen LogP) is 2.62. The lowest BCUT2D eigenvalue weighted by molar-refractivity contribution is -0.387. The minimum absolute atomic E-state index is 0.0960. The Morgan fingerprint density at radius 1 is 1.48 bits per heavy atom.